The van der Waals surface area contributed by atoms with Crippen LogP contribution >= 0.6 is 0 Å². The van der Waals surface area contributed by atoms with E-state index in [4.69, 9.17) is 4.74 Å². The standard InChI is InChI=1S/C18H21N3O3S/c1-21(2)16-7-5-4-6-12(16)11-25(23)18-19-14-8-13(10-22)17(24-3)9-15(14)20-18/h4-9,22H,10-11H2,1-3H3,(H,19,20). The molecule has 2 aromatic carbocycles. The lowest BCUT2D eigenvalue weighted by Gasteiger charge is -2.16. The van der Waals surface area contributed by atoms with Crippen LogP contribution in [0.15, 0.2) is 41.6 Å². The molecule has 1 atom stereocenters. The van der Waals surface area contributed by atoms with E-state index in [1.54, 1.807) is 19.2 Å². The Balaban J connectivity index is 1.93. The molecule has 1 unspecified atom stereocenters. The SMILES string of the molecule is COc1cc2nc(S(=O)Cc3ccccc3N(C)C)[nH]c2cc1CO. The maximum Gasteiger partial charge on any atom is 0.197 e. The molecule has 0 spiro atoms. The molecule has 2 N–H and O–H groups in total. The molecule has 0 fully saturated rings. The number of para-hydroxylation sites is 1. The van der Waals surface area contributed by atoms with Gasteiger partial charge in [0.2, 0.25) is 0 Å². The average molecular weight is 359 g/mol. The van der Waals surface area contributed by atoms with E-state index in [0.29, 0.717) is 27.7 Å². The van der Waals surface area contributed by atoms with Crippen LogP contribution in [0.2, 0.25) is 0 Å². The van der Waals surface area contributed by atoms with Gasteiger partial charge in [0, 0.05) is 31.4 Å². The molecule has 3 rings (SSSR count). The summed E-state index contributed by atoms with van der Waals surface area (Å²) in [6.07, 6.45) is 0. The van der Waals surface area contributed by atoms with Gasteiger partial charge in [0.1, 0.15) is 5.75 Å². The lowest BCUT2D eigenvalue weighted by atomic mass is 10.2. The van der Waals surface area contributed by atoms with Gasteiger partial charge in [-0.25, -0.2) is 4.98 Å². The Morgan fingerprint density at radius 2 is 2.00 bits per heavy atom. The number of nitrogens with zero attached hydrogens (tertiary/aromatic N) is 2. The third kappa shape index (κ3) is 3.52. The summed E-state index contributed by atoms with van der Waals surface area (Å²) in [6.45, 7) is -0.132. The van der Waals surface area contributed by atoms with Gasteiger partial charge in [0.25, 0.3) is 0 Å². The van der Waals surface area contributed by atoms with Crippen LogP contribution in [0.1, 0.15) is 11.1 Å². The van der Waals surface area contributed by atoms with Crippen LogP contribution in [0.3, 0.4) is 0 Å². The molecule has 0 saturated heterocycles. The number of aliphatic hydroxyl groups excluding tert-OH is 1. The number of aliphatic hydroxyl groups is 1. The van der Waals surface area contributed by atoms with Crippen molar-refractivity contribution in [1.82, 2.24) is 9.97 Å². The molecule has 1 heterocycles. The molecular formula is C18H21N3O3S. The number of hydrogen-bond acceptors (Lipinski definition) is 5. The van der Waals surface area contributed by atoms with Crippen molar-refractivity contribution >= 4 is 27.5 Å². The Kier molecular flexibility index (Phi) is 5.06. The van der Waals surface area contributed by atoms with Crippen LogP contribution in [0.4, 0.5) is 5.69 Å². The molecule has 0 aliphatic carbocycles. The van der Waals surface area contributed by atoms with E-state index in [0.717, 1.165) is 16.8 Å². The lowest BCUT2D eigenvalue weighted by molar-refractivity contribution is 0.274. The van der Waals surface area contributed by atoms with Crippen molar-refractivity contribution in [2.24, 2.45) is 0 Å². The van der Waals surface area contributed by atoms with Crippen molar-refractivity contribution in [2.75, 3.05) is 26.1 Å². The van der Waals surface area contributed by atoms with Crippen molar-refractivity contribution in [3.63, 3.8) is 0 Å². The molecule has 0 radical (unpaired) electrons. The zero-order valence-electron chi connectivity index (χ0n) is 14.4. The van der Waals surface area contributed by atoms with Crippen molar-refractivity contribution in [3.8, 4) is 5.75 Å². The second-order valence-electron chi connectivity index (χ2n) is 5.89. The highest BCUT2D eigenvalue weighted by atomic mass is 32.2. The topological polar surface area (TPSA) is 78.5 Å². The average Bonchev–Trinajstić information content (AvgIpc) is 3.03. The van der Waals surface area contributed by atoms with Gasteiger partial charge in [-0.3, -0.25) is 4.21 Å². The number of aromatic nitrogens is 2. The molecule has 0 aliphatic rings. The summed E-state index contributed by atoms with van der Waals surface area (Å²) in [5.41, 5.74) is 4.09. The first-order valence-corrected chi connectivity index (χ1v) is 9.16. The summed E-state index contributed by atoms with van der Waals surface area (Å²) in [5.74, 6) is 0.940. The summed E-state index contributed by atoms with van der Waals surface area (Å²) >= 11 is 0. The first-order chi connectivity index (χ1) is 12.0. The molecule has 3 aromatic rings. The fraction of sp³-hybridized carbons (Fsp3) is 0.278. The number of aromatic amines is 1. The minimum atomic E-state index is -1.31. The fourth-order valence-corrected chi connectivity index (χ4v) is 3.85. The number of imidazole rings is 1. The molecule has 6 nitrogen and oxygen atoms in total. The van der Waals surface area contributed by atoms with E-state index in [-0.39, 0.29) is 6.61 Å². The van der Waals surface area contributed by atoms with Gasteiger partial charge in [0.15, 0.2) is 5.16 Å². The minimum absolute atomic E-state index is 0.132. The van der Waals surface area contributed by atoms with Crippen LogP contribution < -0.4 is 9.64 Å². The Labute approximate surface area is 148 Å². The molecule has 0 saturated carbocycles. The van der Waals surface area contributed by atoms with Crippen LogP contribution in [-0.4, -0.2) is 40.5 Å². The Morgan fingerprint density at radius 1 is 1.24 bits per heavy atom. The lowest BCUT2D eigenvalue weighted by Crippen LogP contribution is -2.12. The molecule has 25 heavy (non-hydrogen) atoms. The summed E-state index contributed by atoms with van der Waals surface area (Å²) in [4.78, 5) is 9.54. The smallest absolute Gasteiger partial charge is 0.197 e. The molecular weight excluding hydrogens is 338 g/mol. The first-order valence-electron chi connectivity index (χ1n) is 7.84. The molecule has 0 amide bonds. The predicted octanol–water partition coefficient (Wildman–Crippen LogP) is 2.44. The summed E-state index contributed by atoms with van der Waals surface area (Å²) in [5, 5.41) is 9.84. The van der Waals surface area contributed by atoms with E-state index < -0.39 is 10.8 Å². The number of rotatable bonds is 6. The number of anilines is 1. The van der Waals surface area contributed by atoms with Gasteiger partial charge in [0.05, 0.1) is 41.3 Å². The highest BCUT2D eigenvalue weighted by Crippen LogP contribution is 2.26. The Bertz CT molecular complexity index is 880. The maximum absolute atomic E-state index is 12.8. The zero-order valence-corrected chi connectivity index (χ0v) is 15.3. The largest absolute Gasteiger partial charge is 0.496 e. The number of hydrogen-bond donors (Lipinski definition) is 2. The number of H-pyrrole nitrogens is 1. The van der Waals surface area contributed by atoms with Crippen LogP contribution in [-0.2, 0) is 23.2 Å². The van der Waals surface area contributed by atoms with Gasteiger partial charge < -0.3 is 19.7 Å². The van der Waals surface area contributed by atoms with Crippen LogP contribution in [0.5, 0.6) is 5.75 Å². The molecule has 0 bridgehead atoms. The first kappa shape index (κ1) is 17.4. The van der Waals surface area contributed by atoms with E-state index in [1.807, 2.05) is 43.3 Å². The van der Waals surface area contributed by atoms with Gasteiger partial charge in [-0.15, -0.1) is 0 Å². The third-order valence-corrected chi connectivity index (χ3v) is 5.21. The van der Waals surface area contributed by atoms with Crippen LogP contribution in [0.25, 0.3) is 11.0 Å². The molecule has 7 heteroatoms. The maximum atomic E-state index is 12.8. The van der Waals surface area contributed by atoms with E-state index >= 15 is 0 Å². The number of fused-ring (bicyclic) bond motifs is 1. The number of nitrogens with one attached hydrogen (secondary N) is 1. The highest BCUT2D eigenvalue weighted by Gasteiger charge is 2.15. The Hall–Kier alpha value is -2.38. The van der Waals surface area contributed by atoms with Crippen molar-refractivity contribution in [1.29, 1.82) is 0 Å². The van der Waals surface area contributed by atoms with E-state index in [9.17, 15) is 9.32 Å². The number of methoxy groups -OCH3 is 1. The normalized spacial score (nSPS) is 12.3. The number of benzene rings is 2. The predicted molar refractivity (Wildman–Crippen MR) is 99.4 cm³/mol. The summed E-state index contributed by atoms with van der Waals surface area (Å²) in [6, 6.07) is 11.4. The van der Waals surface area contributed by atoms with E-state index in [1.165, 1.54) is 0 Å². The second-order valence-corrected chi connectivity index (χ2v) is 7.26. The highest BCUT2D eigenvalue weighted by molar-refractivity contribution is 7.84. The second kappa shape index (κ2) is 7.25. The van der Waals surface area contributed by atoms with Crippen molar-refractivity contribution in [3.05, 3.63) is 47.5 Å². The molecule has 0 aliphatic heterocycles. The van der Waals surface area contributed by atoms with Gasteiger partial charge in [-0.05, 0) is 17.7 Å². The van der Waals surface area contributed by atoms with Crippen molar-refractivity contribution < 1.29 is 14.1 Å². The summed E-state index contributed by atoms with van der Waals surface area (Å²) < 4.78 is 18.0. The summed E-state index contributed by atoms with van der Waals surface area (Å²) in [7, 11) is 4.17. The quantitative estimate of drug-likeness (QED) is 0.707. The van der Waals surface area contributed by atoms with Crippen molar-refractivity contribution in [2.45, 2.75) is 17.5 Å². The third-order valence-electron chi connectivity index (χ3n) is 4.01. The molecule has 1 aromatic heterocycles. The fourth-order valence-electron chi connectivity index (χ4n) is 2.76. The Morgan fingerprint density at radius 3 is 2.68 bits per heavy atom. The number of ether oxygens (including phenoxy) is 1. The monoisotopic (exact) mass is 359 g/mol. The van der Waals surface area contributed by atoms with Gasteiger partial charge in [-0.2, -0.15) is 0 Å². The van der Waals surface area contributed by atoms with Gasteiger partial charge >= 0.3 is 0 Å². The van der Waals surface area contributed by atoms with E-state index in [2.05, 4.69) is 9.97 Å². The van der Waals surface area contributed by atoms with Gasteiger partial charge in [-0.1, -0.05) is 18.2 Å². The molecule has 132 valence electrons. The minimum Gasteiger partial charge on any atom is -0.496 e. The van der Waals surface area contributed by atoms with Crippen LogP contribution in [0, 0.1) is 0 Å². The zero-order chi connectivity index (χ0) is 18.0.